The van der Waals surface area contributed by atoms with E-state index in [1.165, 1.54) is 6.07 Å². The van der Waals surface area contributed by atoms with E-state index >= 15 is 0 Å². The van der Waals surface area contributed by atoms with Crippen LogP contribution in [0.2, 0.25) is 0 Å². The first-order valence-electron chi connectivity index (χ1n) is 7.67. The third-order valence-electron chi connectivity index (χ3n) is 3.51. The van der Waals surface area contributed by atoms with Gasteiger partial charge in [-0.15, -0.1) is 0 Å². The summed E-state index contributed by atoms with van der Waals surface area (Å²) in [7, 11) is -4.00. The molecule has 0 spiro atoms. The number of hydrogen-bond donors (Lipinski definition) is 1. The van der Waals surface area contributed by atoms with Crippen molar-refractivity contribution in [2.45, 2.75) is 4.90 Å². The average Bonchev–Trinajstić information content (AvgIpc) is 2.62. The Morgan fingerprint density at radius 3 is 2.12 bits per heavy atom. The van der Waals surface area contributed by atoms with Crippen LogP contribution in [0.3, 0.4) is 0 Å². The molecule has 0 atom stereocenters. The lowest BCUT2D eigenvalue weighted by molar-refractivity contribution is 0.486. The van der Waals surface area contributed by atoms with Crippen molar-refractivity contribution in [3.63, 3.8) is 0 Å². The molecule has 126 valence electrons. The molecule has 0 amide bonds. The zero-order valence-electron chi connectivity index (χ0n) is 13.4. The zero-order chi connectivity index (χ0) is 17.7. The highest BCUT2D eigenvalue weighted by Gasteiger charge is 2.20. The van der Waals surface area contributed by atoms with Gasteiger partial charge < -0.3 is 9.92 Å². The van der Waals surface area contributed by atoms with Crippen LogP contribution in [0, 0.1) is 0 Å². The third kappa shape index (κ3) is 4.28. The smallest absolute Gasteiger partial charge is 0.339 e. The Morgan fingerprint density at radius 1 is 0.800 bits per heavy atom. The molecule has 0 fully saturated rings. The maximum Gasteiger partial charge on any atom is 0.339 e. The van der Waals surface area contributed by atoms with Gasteiger partial charge in [-0.25, -0.2) is 0 Å². The van der Waals surface area contributed by atoms with Gasteiger partial charge >= 0.3 is 10.1 Å². The summed E-state index contributed by atoms with van der Waals surface area (Å²) >= 11 is 0. The molecule has 3 rings (SSSR count). The first-order chi connectivity index (χ1) is 12.0. The fourth-order valence-electron chi connectivity index (χ4n) is 2.30. The average molecular weight is 351 g/mol. The van der Waals surface area contributed by atoms with E-state index < -0.39 is 10.1 Å². The van der Waals surface area contributed by atoms with Crippen LogP contribution in [0.25, 0.3) is 12.2 Å². The first-order valence-corrected chi connectivity index (χ1v) is 9.08. The van der Waals surface area contributed by atoms with Crippen molar-refractivity contribution in [2.75, 3.05) is 5.73 Å². The molecule has 0 aromatic heterocycles. The van der Waals surface area contributed by atoms with Crippen LogP contribution in [0.5, 0.6) is 5.75 Å². The standard InChI is InChI=1S/C20H17NO3S/c21-18-14-13-17(12-11-16-7-3-1-4-8-16)20(15-18)25(22,23)24-19-9-5-2-6-10-19/h1-15H,21H2. The minimum absolute atomic E-state index is 0.0311. The molecule has 4 nitrogen and oxygen atoms in total. The van der Waals surface area contributed by atoms with Gasteiger partial charge in [0.1, 0.15) is 10.6 Å². The highest BCUT2D eigenvalue weighted by atomic mass is 32.2. The van der Waals surface area contributed by atoms with Crippen LogP contribution >= 0.6 is 0 Å². The second kappa shape index (κ2) is 7.23. The molecule has 0 heterocycles. The van der Waals surface area contributed by atoms with E-state index in [1.807, 2.05) is 36.4 Å². The molecule has 3 aromatic carbocycles. The Labute approximate surface area is 147 Å². The lowest BCUT2D eigenvalue weighted by Crippen LogP contribution is -2.11. The number of benzene rings is 3. The van der Waals surface area contributed by atoms with Gasteiger partial charge in [-0.1, -0.05) is 66.7 Å². The van der Waals surface area contributed by atoms with E-state index in [9.17, 15) is 8.42 Å². The summed E-state index contributed by atoms with van der Waals surface area (Å²) in [5.74, 6) is 0.253. The molecule has 0 unspecified atom stereocenters. The van der Waals surface area contributed by atoms with E-state index in [2.05, 4.69) is 0 Å². The number of anilines is 1. The molecule has 0 aliphatic heterocycles. The minimum atomic E-state index is -4.00. The predicted octanol–water partition coefficient (Wildman–Crippen LogP) is 4.21. The maximum absolute atomic E-state index is 12.7. The van der Waals surface area contributed by atoms with Crippen LogP contribution in [-0.4, -0.2) is 8.42 Å². The fraction of sp³-hybridized carbons (Fsp3) is 0. The summed E-state index contributed by atoms with van der Waals surface area (Å²) in [6.45, 7) is 0. The Hall–Kier alpha value is -3.05. The first kappa shape index (κ1) is 16.8. The van der Waals surface area contributed by atoms with E-state index in [4.69, 9.17) is 9.92 Å². The Balaban J connectivity index is 1.97. The fourth-order valence-corrected chi connectivity index (χ4v) is 3.46. The van der Waals surface area contributed by atoms with Crippen LogP contribution < -0.4 is 9.92 Å². The molecule has 0 aliphatic carbocycles. The zero-order valence-corrected chi connectivity index (χ0v) is 14.2. The number of rotatable bonds is 5. The van der Waals surface area contributed by atoms with E-state index in [0.29, 0.717) is 11.3 Å². The Morgan fingerprint density at radius 2 is 1.44 bits per heavy atom. The minimum Gasteiger partial charge on any atom is -0.399 e. The van der Waals surface area contributed by atoms with Gasteiger partial charge in [0.05, 0.1) is 0 Å². The Kier molecular flexibility index (Phi) is 4.86. The van der Waals surface area contributed by atoms with Gasteiger partial charge in [0.15, 0.2) is 0 Å². The van der Waals surface area contributed by atoms with Crippen molar-refractivity contribution < 1.29 is 12.6 Å². The second-order valence-corrected chi connectivity index (χ2v) is 6.91. The van der Waals surface area contributed by atoms with E-state index in [1.54, 1.807) is 48.5 Å². The van der Waals surface area contributed by atoms with Crippen molar-refractivity contribution in [1.29, 1.82) is 0 Å². The van der Waals surface area contributed by atoms with Gasteiger partial charge in [-0.05, 0) is 35.4 Å². The number of hydrogen-bond acceptors (Lipinski definition) is 4. The van der Waals surface area contributed by atoms with Crippen LogP contribution in [0.1, 0.15) is 11.1 Å². The summed E-state index contributed by atoms with van der Waals surface area (Å²) in [5, 5.41) is 0. The molecule has 0 aliphatic rings. The van der Waals surface area contributed by atoms with Gasteiger partial charge in [0, 0.05) is 5.69 Å². The lowest BCUT2D eigenvalue weighted by Gasteiger charge is -2.10. The van der Waals surface area contributed by atoms with Crippen molar-refractivity contribution in [1.82, 2.24) is 0 Å². The molecular weight excluding hydrogens is 334 g/mol. The number of nitrogens with two attached hydrogens (primary N) is 1. The molecule has 25 heavy (non-hydrogen) atoms. The van der Waals surface area contributed by atoms with Crippen LogP contribution in [0.15, 0.2) is 83.8 Å². The molecule has 0 radical (unpaired) electrons. The summed E-state index contributed by atoms with van der Waals surface area (Å²) in [6.07, 6.45) is 3.57. The van der Waals surface area contributed by atoms with E-state index in [0.717, 1.165) is 5.56 Å². The van der Waals surface area contributed by atoms with Crippen LogP contribution in [-0.2, 0) is 10.1 Å². The lowest BCUT2D eigenvalue weighted by atomic mass is 10.1. The number of para-hydroxylation sites is 1. The molecule has 3 aromatic rings. The normalized spacial score (nSPS) is 11.5. The Bertz CT molecular complexity index is 982. The summed E-state index contributed by atoms with van der Waals surface area (Å²) < 4.78 is 30.6. The third-order valence-corrected chi connectivity index (χ3v) is 4.82. The van der Waals surface area contributed by atoms with Gasteiger partial charge in [0.2, 0.25) is 0 Å². The highest BCUT2D eigenvalue weighted by Crippen LogP contribution is 2.25. The predicted molar refractivity (Wildman–Crippen MR) is 100 cm³/mol. The van der Waals surface area contributed by atoms with Gasteiger partial charge in [0.25, 0.3) is 0 Å². The summed E-state index contributed by atoms with van der Waals surface area (Å²) in [6, 6.07) is 22.7. The van der Waals surface area contributed by atoms with Gasteiger partial charge in [-0.3, -0.25) is 0 Å². The molecule has 0 saturated heterocycles. The van der Waals surface area contributed by atoms with Gasteiger partial charge in [-0.2, -0.15) is 8.42 Å². The molecular formula is C20H17NO3S. The largest absolute Gasteiger partial charge is 0.399 e. The molecule has 5 heteroatoms. The van der Waals surface area contributed by atoms with Crippen molar-refractivity contribution in [3.05, 3.63) is 90.0 Å². The van der Waals surface area contributed by atoms with Crippen molar-refractivity contribution in [2.24, 2.45) is 0 Å². The monoisotopic (exact) mass is 351 g/mol. The molecule has 0 bridgehead atoms. The highest BCUT2D eigenvalue weighted by molar-refractivity contribution is 7.87. The molecule has 0 saturated carbocycles. The van der Waals surface area contributed by atoms with Crippen LogP contribution in [0.4, 0.5) is 5.69 Å². The van der Waals surface area contributed by atoms with E-state index in [-0.39, 0.29) is 10.6 Å². The summed E-state index contributed by atoms with van der Waals surface area (Å²) in [5.41, 5.74) is 7.61. The number of nitrogen functional groups attached to an aromatic ring is 1. The van der Waals surface area contributed by atoms with Crippen molar-refractivity contribution in [3.8, 4) is 5.75 Å². The maximum atomic E-state index is 12.7. The SMILES string of the molecule is Nc1ccc(C=Cc2ccccc2)c(S(=O)(=O)Oc2ccccc2)c1. The second-order valence-electron chi connectivity index (χ2n) is 5.39. The molecule has 2 N–H and O–H groups in total. The quantitative estimate of drug-likeness (QED) is 0.425. The topological polar surface area (TPSA) is 69.4 Å². The summed E-state index contributed by atoms with van der Waals surface area (Å²) in [4.78, 5) is 0.0311. The van der Waals surface area contributed by atoms with Crippen molar-refractivity contribution >= 4 is 28.0 Å².